The Hall–Kier alpha value is -0.770. The number of aliphatic hydroxyl groups is 1. The zero-order valence-corrected chi connectivity index (χ0v) is 9.14. The number of hydrogen-bond donors (Lipinski definition) is 3. The molecule has 0 unspecified atom stereocenters. The molecule has 1 fully saturated rings. The molecule has 0 bridgehead atoms. The van der Waals surface area contributed by atoms with E-state index in [0.717, 1.165) is 25.3 Å². The molecule has 0 radical (unpaired) electrons. The molecule has 0 aromatic carbocycles. The van der Waals surface area contributed by atoms with Crippen LogP contribution in [0, 0.1) is 5.41 Å². The Bertz CT molecular complexity index is 198. The maximum Gasteiger partial charge on any atom is 0.190 e. The highest BCUT2D eigenvalue weighted by molar-refractivity contribution is 5.79. The highest BCUT2D eigenvalue weighted by Gasteiger charge is 2.32. The molecular weight excluding hydrogens is 178 g/mol. The number of nitrogens with one attached hydrogen (secondary N) is 2. The lowest BCUT2D eigenvalue weighted by Gasteiger charge is -2.27. The molecule has 3 N–H and O–H groups in total. The van der Waals surface area contributed by atoms with Crippen LogP contribution in [0.3, 0.4) is 0 Å². The summed E-state index contributed by atoms with van der Waals surface area (Å²) in [5, 5.41) is 15.6. The molecule has 0 aromatic rings. The Balaban J connectivity index is 2.41. The third kappa shape index (κ3) is 2.61. The van der Waals surface area contributed by atoms with Crippen molar-refractivity contribution in [3.63, 3.8) is 0 Å². The van der Waals surface area contributed by atoms with Gasteiger partial charge >= 0.3 is 0 Å². The van der Waals surface area contributed by atoms with Gasteiger partial charge in [-0.1, -0.05) is 12.8 Å². The van der Waals surface area contributed by atoms with Crippen molar-refractivity contribution in [2.45, 2.75) is 25.7 Å². The van der Waals surface area contributed by atoms with E-state index in [-0.39, 0.29) is 12.0 Å². The predicted molar refractivity (Wildman–Crippen MR) is 58.4 cm³/mol. The zero-order valence-electron chi connectivity index (χ0n) is 9.14. The first-order chi connectivity index (χ1) is 6.76. The van der Waals surface area contributed by atoms with Crippen LogP contribution in [-0.4, -0.2) is 38.3 Å². The number of hydrogen-bond acceptors (Lipinski definition) is 2. The Morgan fingerprint density at radius 3 is 2.50 bits per heavy atom. The van der Waals surface area contributed by atoms with Gasteiger partial charge in [0.05, 0.1) is 6.61 Å². The van der Waals surface area contributed by atoms with E-state index in [1.807, 2.05) is 7.05 Å². The van der Waals surface area contributed by atoms with Crippen molar-refractivity contribution in [3.05, 3.63) is 0 Å². The van der Waals surface area contributed by atoms with Gasteiger partial charge < -0.3 is 15.7 Å². The summed E-state index contributed by atoms with van der Waals surface area (Å²) in [5.74, 6) is 0.796. The molecule has 0 amide bonds. The van der Waals surface area contributed by atoms with Gasteiger partial charge in [-0.05, 0) is 12.8 Å². The van der Waals surface area contributed by atoms with E-state index in [2.05, 4.69) is 15.6 Å². The molecule has 4 heteroatoms. The van der Waals surface area contributed by atoms with Crippen LogP contribution in [0.5, 0.6) is 0 Å². The van der Waals surface area contributed by atoms with Gasteiger partial charge in [0.2, 0.25) is 0 Å². The molecule has 0 aromatic heterocycles. The largest absolute Gasteiger partial charge is 0.396 e. The lowest BCUT2D eigenvalue weighted by molar-refractivity contribution is 0.133. The molecule has 0 aliphatic heterocycles. The lowest BCUT2D eigenvalue weighted by Crippen LogP contribution is -2.43. The third-order valence-electron chi connectivity index (χ3n) is 3.09. The van der Waals surface area contributed by atoms with Gasteiger partial charge in [0.25, 0.3) is 0 Å². The first kappa shape index (κ1) is 11.3. The molecule has 1 rings (SSSR count). The first-order valence-corrected chi connectivity index (χ1v) is 5.25. The van der Waals surface area contributed by atoms with Crippen LogP contribution in [0.15, 0.2) is 4.99 Å². The highest BCUT2D eigenvalue weighted by atomic mass is 16.3. The Kier molecular flexibility index (Phi) is 4.20. The Morgan fingerprint density at radius 2 is 2.07 bits per heavy atom. The number of aliphatic imine (C=N–C) groups is 1. The van der Waals surface area contributed by atoms with Crippen LogP contribution in [0.2, 0.25) is 0 Å². The minimum Gasteiger partial charge on any atom is -0.396 e. The highest BCUT2D eigenvalue weighted by Crippen LogP contribution is 2.36. The Labute approximate surface area is 85.8 Å². The molecule has 4 nitrogen and oxygen atoms in total. The maximum absolute atomic E-state index is 9.37. The van der Waals surface area contributed by atoms with Crippen molar-refractivity contribution < 1.29 is 5.11 Å². The van der Waals surface area contributed by atoms with E-state index in [1.165, 1.54) is 12.8 Å². The van der Waals surface area contributed by atoms with Crippen molar-refractivity contribution in [2.75, 3.05) is 27.2 Å². The van der Waals surface area contributed by atoms with Crippen molar-refractivity contribution in [2.24, 2.45) is 10.4 Å². The van der Waals surface area contributed by atoms with Crippen molar-refractivity contribution in [3.8, 4) is 0 Å². The molecule has 1 aliphatic carbocycles. The quantitative estimate of drug-likeness (QED) is 0.453. The maximum atomic E-state index is 9.37. The summed E-state index contributed by atoms with van der Waals surface area (Å²) >= 11 is 0. The van der Waals surface area contributed by atoms with E-state index in [0.29, 0.717) is 0 Å². The second-order valence-electron chi connectivity index (χ2n) is 4.04. The summed E-state index contributed by atoms with van der Waals surface area (Å²) in [6, 6.07) is 0. The number of guanidine groups is 1. The summed E-state index contributed by atoms with van der Waals surface area (Å²) in [6.45, 7) is 1.09. The van der Waals surface area contributed by atoms with Gasteiger partial charge in [-0.15, -0.1) is 0 Å². The van der Waals surface area contributed by atoms with Crippen LogP contribution >= 0.6 is 0 Å². The van der Waals surface area contributed by atoms with Gasteiger partial charge in [0.15, 0.2) is 5.96 Å². The topological polar surface area (TPSA) is 56.7 Å². The van der Waals surface area contributed by atoms with Gasteiger partial charge in [0.1, 0.15) is 0 Å². The van der Waals surface area contributed by atoms with Gasteiger partial charge in [-0.25, -0.2) is 0 Å². The second kappa shape index (κ2) is 5.20. The molecule has 1 aliphatic rings. The van der Waals surface area contributed by atoms with E-state index in [1.54, 1.807) is 7.05 Å². The molecule has 82 valence electrons. The van der Waals surface area contributed by atoms with Crippen LogP contribution < -0.4 is 10.6 Å². The molecule has 0 spiro atoms. The van der Waals surface area contributed by atoms with E-state index < -0.39 is 0 Å². The van der Waals surface area contributed by atoms with Gasteiger partial charge in [0, 0.05) is 26.1 Å². The smallest absolute Gasteiger partial charge is 0.190 e. The van der Waals surface area contributed by atoms with Crippen LogP contribution in [0.4, 0.5) is 0 Å². The van der Waals surface area contributed by atoms with Crippen LogP contribution in [0.25, 0.3) is 0 Å². The molecule has 14 heavy (non-hydrogen) atoms. The van der Waals surface area contributed by atoms with Gasteiger partial charge in [-0.3, -0.25) is 4.99 Å². The SMILES string of the molecule is CN=C(NC)NCC1(CO)CCCC1. The summed E-state index contributed by atoms with van der Waals surface area (Å²) in [4.78, 5) is 4.05. The van der Waals surface area contributed by atoms with Crippen molar-refractivity contribution in [1.29, 1.82) is 0 Å². The minimum absolute atomic E-state index is 0.0901. The normalized spacial score (nSPS) is 20.9. The summed E-state index contributed by atoms with van der Waals surface area (Å²) in [6.07, 6.45) is 4.72. The average molecular weight is 199 g/mol. The van der Waals surface area contributed by atoms with Crippen molar-refractivity contribution in [1.82, 2.24) is 10.6 Å². The van der Waals surface area contributed by atoms with Crippen LogP contribution in [-0.2, 0) is 0 Å². The molecule has 0 heterocycles. The van der Waals surface area contributed by atoms with E-state index in [4.69, 9.17) is 0 Å². The fraction of sp³-hybridized carbons (Fsp3) is 0.900. The standard InChI is InChI=1S/C10H21N3O/c1-11-9(12-2)13-7-10(8-14)5-3-4-6-10/h14H,3-8H2,1-2H3,(H2,11,12,13). The lowest BCUT2D eigenvalue weighted by atomic mass is 9.87. The first-order valence-electron chi connectivity index (χ1n) is 5.25. The average Bonchev–Trinajstić information content (AvgIpc) is 2.69. The van der Waals surface area contributed by atoms with E-state index >= 15 is 0 Å². The monoisotopic (exact) mass is 199 g/mol. The van der Waals surface area contributed by atoms with E-state index in [9.17, 15) is 5.11 Å². The summed E-state index contributed by atoms with van der Waals surface area (Å²) in [7, 11) is 3.59. The summed E-state index contributed by atoms with van der Waals surface area (Å²) in [5.41, 5.74) is 0.0901. The summed E-state index contributed by atoms with van der Waals surface area (Å²) < 4.78 is 0. The van der Waals surface area contributed by atoms with Crippen molar-refractivity contribution >= 4 is 5.96 Å². The second-order valence-corrected chi connectivity index (χ2v) is 4.04. The zero-order chi connectivity index (χ0) is 10.4. The van der Waals surface area contributed by atoms with Crippen LogP contribution in [0.1, 0.15) is 25.7 Å². The predicted octanol–water partition coefficient (Wildman–Crippen LogP) is 0.334. The number of nitrogens with zero attached hydrogens (tertiary/aromatic N) is 1. The molecular formula is C10H21N3O. The Morgan fingerprint density at radius 1 is 1.43 bits per heavy atom. The third-order valence-corrected chi connectivity index (χ3v) is 3.09. The molecule has 0 atom stereocenters. The minimum atomic E-state index is 0.0901. The molecule has 0 saturated heterocycles. The number of aliphatic hydroxyl groups excluding tert-OH is 1. The fourth-order valence-electron chi connectivity index (χ4n) is 2.07. The number of rotatable bonds is 3. The molecule has 1 saturated carbocycles. The van der Waals surface area contributed by atoms with Gasteiger partial charge in [-0.2, -0.15) is 0 Å². The fourth-order valence-corrected chi connectivity index (χ4v) is 2.07.